The summed E-state index contributed by atoms with van der Waals surface area (Å²) in [6.45, 7) is 2.06. The Balaban J connectivity index is 2.25. The predicted molar refractivity (Wildman–Crippen MR) is 77.9 cm³/mol. The highest BCUT2D eigenvalue weighted by Gasteiger charge is 2.13. The summed E-state index contributed by atoms with van der Waals surface area (Å²) in [5, 5.41) is 12.9. The normalized spacial score (nSPS) is 10.2. The van der Waals surface area contributed by atoms with Crippen molar-refractivity contribution in [3.05, 3.63) is 58.9 Å². The van der Waals surface area contributed by atoms with E-state index in [1.54, 1.807) is 19.1 Å². The predicted octanol–water partition coefficient (Wildman–Crippen LogP) is 3.24. The maximum absolute atomic E-state index is 13.3. The molecule has 0 saturated heterocycles. The van der Waals surface area contributed by atoms with Crippen molar-refractivity contribution in [3.8, 4) is 5.75 Å². The molecule has 0 saturated carbocycles. The van der Waals surface area contributed by atoms with Gasteiger partial charge in [0, 0.05) is 12.1 Å². The Labute approximate surface area is 122 Å². The zero-order valence-electron chi connectivity index (χ0n) is 11.8. The van der Waals surface area contributed by atoms with Crippen molar-refractivity contribution < 1.29 is 19.0 Å². The molecule has 0 radical (unpaired) electrons. The molecule has 4 nitrogen and oxygen atoms in total. The molecule has 0 unspecified atom stereocenters. The molecule has 0 amide bonds. The van der Waals surface area contributed by atoms with Gasteiger partial charge < -0.3 is 15.2 Å². The molecule has 0 aliphatic rings. The molecule has 2 rings (SSSR count). The number of ether oxygens (including phenoxy) is 1. The molecule has 0 aliphatic carbocycles. The monoisotopic (exact) mass is 289 g/mol. The van der Waals surface area contributed by atoms with Crippen LogP contribution in [-0.2, 0) is 11.3 Å². The number of benzene rings is 2. The van der Waals surface area contributed by atoms with Gasteiger partial charge in [-0.2, -0.15) is 0 Å². The molecule has 0 heterocycles. The third-order valence-corrected chi connectivity index (χ3v) is 3.18. The van der Waals surface area contributed by atoms with Crippen molar-refractivity contribution in [2.75, 3.05) is 12.4 Å². The molecule has 0 fully saturated rings. The van der Waals surface area contributed by atoms with Crippen LogP contribution in [0.2, 0.25) is 0 Å². The molecule has 21 heavy (non-hydrogen) atoms. The summed E-state index contributed by atoms with van der Waals surface area (Å²) in [6, 6.07) is 9.15. The first-order valence-electron chi connectivity index (χ1n) is 6.42. The van der Waals surface area contributed by atoms with E-state index >= 15 is 0 Å². The largest absolute Gasteiger partial charge is 0.507 e. The lowest BCUT2D eigenvalue weighted by molar-refractivity contribution is 0.0602. The molecule has 2 N–H and O–H groups in total. The Morgan fingerprint density at radius 2 is 2.10 bits per heavy atom. The Hall–Kier alpha value is -2.56. The van der Waals surface area contributed by atoms with Crippen molar-refractivity contribution in [1.29, 1.82) is 0 Å². The van der Waals surface area contributed by atoms with E-state index < -0.39 is 11.8 Å². The van der Waals surface area contributed by atoms with Crippen molar-refractivity contribution in [3.63, 3.8) is 0 Å². The third kappa shape index (κ3) is 3.31. The van der Waals surface area contributed by atoms with Gasteiger partial charge in [-0.05, 0) is 30.7 Å². The van der Waals surface area contributed by atoms with Gasteiger partial charge in [0.25, 0.3) is 0 Å². The van der Waals surface area contributed by atoms with Gasteiger partial charge in [0.2, 0.25) is 0 Å². The van der Waals surface area contributed by atoms with E-state index in [1.165, 1.54) is 25.3 Å². The smallest absolute Gasteiger partial charge is 0.339 e. The van der Waals surface area contributed by atoms with Crippen LogP contribution in [0.4, 0.5) is 10.1 Å². The van der Waals surface area contributed by atoms with Crippen LogP contribution in [0.5, 0.6) is 5.75 Å². The van der Waals surface area contributed by atoms with Crippen LogP contribution in [0, 0.1) is 12.7 Å². The first-order chi connectivity index (χ1) is 10.0. The number of phenols is 1. The Kier molecular flexibility index (Phi) is 4.42. The highest BCUT2D eigenvalue weighted by molar-refractivity contribution is 5.95. The van der Waals surface area contributed by atoms with Gasteiger partial charge >= 0.3 is 5.97 Å². The average molecular weight is 289 g/mol. The number of methoxy groups -OCH3 is 1. The first-order valence-corrected chi connectivity index (χ1v) is 6.42. The first kappa shape index (κ1) is 14.8. The van der Waals surface area contributed by atoms with Crippen molar-refractivity contribution in [2.45, 2.75) is 13.5 Å². The number of esters is 1. The molecule has 2 aromatic carbocycles. The number of anilines is 1. The molecule has 0 bridgehead atoms. The van der Waals surface area contributed by atoms with E-state index in [4.69, 9.17) is 0 Å². The number of aromatic hydroxyl groups is 1. The molecular formula is C16H16FNO3. The molecule has 0 aliphatic heterocycles. The van der Waals surface area contributed by atoms with Gasteiger partial charge in [-0.25, -0.2) is 9.18 Å². The third-order valence-electron chi connectivity index (χ3n) is 3.18. The quantitative estimate of drug-likeness (QED) is 0.848. The summed E-state index contributed by atoms with van der Waals surface area (Å²) in [5.74, 6) is -0.828. The minimum absolute atomic E-state index is 0.182. The zero-order valence-corrected chi connectivity index (χ0v) is 11.8. The van der Waals surface area contributed by atoms with E-state index in [1.807, 2.05) is 6.07 Å². The van der Waals surface area contributed by atoms with Crippen LogP contribution in [0.15, 0.2) is 36.4 Å². The molecule has 0 aromatic heterocycles. The van der Waals surface area contributed by atoms with Gasteiger partial charge in [-0.1, -0.05) is 18.2 Å². The van der Waals surface area contributed by atoms with Crippen molar-refractivity contribution >= 4 is 11.7 Å². The van der Waals surface area contributed by atoms with Crippen molar-refractivity contribution in [1.82, 2.24) is 0 Å². The van der Waals surface area contributed by atoms with Crippen LogP contribution >= 0.6 is 0 Å². The second-order valence-electron chi connectivity index (χ2n) is 4.62. The van der Waals surface area contributed by atoms with Gasteiger partial charge in [0.05, 0.1) is 18.4 Å². The second-order valence-corrected chi connectivity index (χ2v) is 4.62. The Bertz CT molecular complexity index is 671. The molecular weight excluding hydrogens is 273 g/mol. The summed E-state index contributed by atoms with van der Waals surface area (Å²) in [5.41, 5.74) is 1.98. The molecule has 110 valence electrons. The maximum Gasteiger partial charge on any atom is 0.339 e. The number of carbonyl (C=O) groups excluding carboxylic acids is 1. The highest BCUT2D eigenvalue weighted by Crippen LogP contribution is 2.24. The van der Waals surface area contributed by atoms with E-state index in [-0.39, 0.29) is 17.9 Å². The van der Waals surface area contributed by atoms with E-state index in [2.05, 4.69) is 10.1 Å². The Morgan fingerprint density at radius 1 is 1.33 bits per heavy atom. The Morgan fingerprint density at radius 3 is 2.81 bits per heavy atom. The maximum atomic E-state index is 13.3. The van der Waals surface area contributed by atoms with Crippen LogP contribution in [0.3, 0.4) is 0 Å². The number of halogens is 1. The van der Waals surface area contributed by atoms with Crippen LogP contribution in [0.25, 0.3) is 0 Å². The SMILES string of the molecule is COC(=O)c1ccc(F)cc1NCc1cccc(C)c1O. The highest BCUT2D eigenvalue weighted by atomic mass is 19.1. The minimum Gasteiger partial charge on any atom is -0.507 e. The van der Waals surface area contributed by atoms with Crippen molar-refractivity contribution in [2.24, 2.45) is 0 Å². The van der Waals surface area contributed by atoms with Gasteiger partial charge in [-0.3, -0.25) is 0 Å². The minimum atomic E-state index is -0.550. The number of aryl methyl sites for hydroxylation is 1. The molecule has 0 spiro atoms. The fourth-order valence-corrected chi connectivity index (χ4v) is 2.00. The zero-order chi connectivity index (χ0) is 15.4. The van der Waals surface area contributed by atoms with Crippen LogP contribution in [-0.4, -0.2) is 18.2 Å². The number of carbonyl (C=O) groups is 1. The summed E-state index contributed by atoms with van der Waals surface area (Å²) < 4.78 is 18.0. The topological polar surface area (TPSA) is 58.6 Å². The number of para-hydroxylation sites is 1. The number of phenolic OH excluding ortho intramolecular Hbond substituents is 1. The average Bonchev–Trinajstić information content (AvgIpc) is 2.48. The summed E-state index contributed by atoms with van der Waals surface area (Å²) in [6.07, 6.45) is 0. The van der Waals surface area contributed by atoms with Crippen LogP contribution < -0.4 is 5.32 Å². The summed E-state index contributed by atoms with van der Waals surface area (Å²) in [4.78, 5) is 11.6. The van der Waals surface area contributed by atoms with E-state index in [0.717, 1.165) is 5.56 Å². The van der Waals surface area contributed by atoms with Gasteiger partial charge in [0.15, 0.2) is 0 Å². The lowest BCUT2D eigenvalue weighted by Gasteiger charge is -2.12. The standard InChI is InChI=1S/C16H16FNO3/c1-10-4-3-5-11(15(10)19)9-18-14-8-12(17)6-7-13(14)16(20)21-2/h3-8,18-19H,9H2,1-2H3. The number of rotatable bonds is 4. The van der Waals surface area contributed by atoms with Crippen LogP contribution in [0.1, 0.15) is 21.5 Å². The fourth-order valence-electron chi connectivity index (χ4n) is 2.00. The van der Waals surface area contributed by atoms with Gasteiger partial charge in [0.1, 0.15) is 11.6 Å². The van der Waals surface area contributed by atoms with Gasteiger partial charge in [-0.15, -0.1) is 0 Å². The molecule has 5 heteroatoms. The lowest BCUT2D eigenvalue weighted by Crippen LogP contribution is -2.09. The summed E-state index contributed by atoms with van der Waals surface area (Å²) >= 11 is 0. The lowest BCUT2D eigenvalue weighted by atomic mass is 10.1. The fraction of sp³-hybridized carbons (Fsp3) is 0.188. The summed E-state index contributed by atoms with van der Waals surface area (Å²) in [7, 11) is 1.27. The second kappa shape index (κ2) is 6.26. The van der Waals surface area contributed by atoms with E-state index in [9.17, 15) is 14.3 Å². The molecule has 0 atom stereocenters. The molecule has 2 aromatic rings. The number of hydrogen-bond donors (Lipinski definition) is 2. The number of nitrogens with one attached hydrogen (secondary N) is 1. The van der Waals surface area contributed by atoms with E-state index in [0.29, 0.717) is 11.3 Å². The number of hydrogen-bond acceptors (Lipinski definition) is 4.